The second kappa shape index (κ2) is 8.09. The van der Waals surface area contributed by atoms with Crippen molar-refractivity contribution in [3.8, 4) is 5.75 Å². The lowest BCUT2D eigenvalue weighted by atomic mass is 10.2. The van der Waals surface area contributed by atoms with Crippen molar-refractivity contribution in [3.05, 3.63) is 23.5 Å². The highest BCUT2D eigenvalue weighted by Gasteiger charge is 2.08. The molecule has 1 unspecified atom stereocenters. The van der Waals surface area contributed by atoms with Gasteiger partial charge in [-0.25, -0.2) is 0 Å². The van der Waals surface area contributed by atoms with Crippen molar-refractivity contribution >= 4 is 0 Å². The van der Waals surface area contributed by atoms with Gasteiger partial charge in [-0.2, -0.15) is 0 Å². The van der Waals surface area contributed by atoms with Crippen LogP contribution in [0.1, 0.15) is 45.0 Å². The quantitative estimate of drug-likeness (QED) is 0.720. The Morgan fingerprint density at radius 2 is 2.11 bits per heavy atom. The van der Waals surface area contributed by atoms with Gasteiger partial charge in [-0.1, -0.05) is 13.8 Å². The molecule has 0 saturated heterocycles. The van der Waals surface area contributed by atoms with Gasteiger partial charge in [0, 0.05) is 5.69 Å². The van der Waals surface area contributed by atoms with E-state index in [4.69, 9.17) is 4.74 Å². The summed E-state index contributed by atoms with van der Waals surface area (Å²) >= 11 is 0. The lowest BCUT2D eigenvalue weighted by Crippen LogP contribution is -2.18. The van der Waals surface area contributed by atoms with Crippen LogP contribution in [0.25, 0.3) is 0 Å². The largest absolute Gasteiger partial charge is 0.489 e. The number of nitrogens with one attached hydrogen (secondary N) is 1. The Hall–Kier alpha value is -1.09. The molecule has 0 aliphatic rings. The van der Waals surface area contributed by atoms with Crippen molar-refractivity contribution in [2.45, 2.75) is 53.1 Å². The molecular formula is C15H26N2O. The summed E-state index contributed by atoms with van der Waals surface area (Å²) in [4.78, 5) is 4.52. The van der Waals surface area contributed by atoms with Gasteiger partial charge in [0.25, 0.3) is 0 Å². The smallest absolute Gasteiger partial charge is 0.141 e. The highest BCUT2D eigenvalue weighted by Crippen LogP contribution is 2.19. The summed E-state index contributed by atoms with van der Waals surface area (Å²) in [5.41, 5.74) is 2.12. The van der Waals surface area contributed by atoms with Crippen molar-refractivity contribution in [3.63, 3.8) is 0 Å². The first-order valence-electron chi connectivity index (χ1n) is 7.01. The molecule has 0 amide bonds. The monoisotopic (exact) mass is 250 g/mol. The highest BCUT2D eigenvalue weighted by molar-refractivity contribution is 5.29. The third-order valence-corrected chi connectivity index (χ3v) is 2.95. The van der Waals surface area contributed by atoms with Crippen molar-refractivity contribution in [1.82, 2.24) is 10.3 Å². The van der Waals surface area contributed by atoms with Crippen LogP contribution in [0, 0.1) is 6.92 Å². The van der Waals surface area contributed by atoms with Gasteiger partial charge in [0.1, 0.15) is 5.75 Å². The molecule has 1 atom stereocenters. The van der Waals surface area contributed by atoms with E-state index in [0.29, 0.717) is 0 Å². The van der Waals surface area contributed by atoms with Crippen LogP contribution < -0.4 is 10.1 Å². The molecule has 1 aromatic heterocycles. The van der Waals surface area contributed by atoms with Crippen molar-refractivity contribution < 1.29 is 4.74 Å². The van der Waals surface area contributed by atoms with Crippen LogP contribution in [0.3, 0.4) is 0 Å². The maximum Gasteiger partial charge on any atom is 0.141 e. The minimum Gasteiger partial charge on any atom is -0.489 e. The van der Waals surface area contributed by atoms with Gasteiger partial charge in [0.15, 0.2) is 0 Å². The Bertz CT molecular complexity index is 352. The van der Waals surface area contributed by atoms with E-state index >= 15 is 0 Å². The second-order valence-electron chi connectivity index (χ2n) is 4.68. The molecule has 0 aliphatic carbocycles. The molecule has 0 aliphatic heterocycles. The number of nitrogens with zero attached hydrogens (tertiary/aromatic N) is 1. The van der Waals surface area contributed by atoms with E-state index in [1.165, 1.54) is 0 Å². The predicted octanol–water partition coefficient (Wildman–Crippen LogP) is 3.11. The molecule has 1 heterocycles. The number of hydrogen-bond acceptors (Lipinski definition) is 3. The van der Waals surface area contributed by atoms with Crippen molar-refractivity contribution in [1.29, 1.82) is 0 Å². The number of rotatable bonds is 8. The first-order chi connectivity index (χ1) is 8.67. The van der Waals surface area contributed by atoms with Gasteiger partial charge in [0.2, 0.25) is 0 Å². The minimum atomic E-state index is 0.249. The molecule has 1 N–H and O–H groups in total. The molecular weight excluding hydrogens is 224 g/mol. The van der Waals surface area contributed by atoms with Crippen LogP contribution in [0.2, 0.25) is 0 Å². The normalized spacial score (nSPS) is 12.4. The van der Waals surface area contributed by atoms with Crippen LogP contribution in [0.15, 0.2) is 12.1 Å². The molecule has 0 bridgehead atoms. The highest BCUT2D eigenvalue weighted by atomic mass is 16.5. The summed E-state index contributed by atoms with van der Waals surface area (Å²) in [7, 11) is 0. The number of hydrogen-bond donors (Lipinski definition) is 1. The molecule has 0 spiro atoms. The minimum absolute atomic E-state index is 0.249. The number of ether oxygens (including phenoxy) is 1. The summed E-state index contributed by atoms with van der Waals surface area (Å²) in [6.45, 7) is 10.5. The van der Waals surface area contributed by atoms with Gasteiger partial charge >= 0.3 is 0 Å². The fourth-order valence-electron chi connectivity index (χ4n) is 1.93. The Morgan fingerprint density at radius 3 is 2.78 bits per heavy atom. The van der Waals surface area contributed by atoms with Crippen LogP contribution in [-0.2, 0) is 6.42 Å². The third-order valence-electron chi connectivity index (χ3n) is 2.95. The Labute approximate surface area is 111 Å². The third kappa shape index (κ3) is 5.05. The lowest BCUT2D eigenvalue weighted by Gasteiger charge is -2.17. The fourth-order valence-corrected chi connectivity index (χ4v) is 1.93. The van der Waals surface area contributed by atoms with Crippen LogP contribution >= 0.6 is 0 Å². The number of aryl methyl sites for hydroxylation is 2. The average molecular weight is 250 g/mol. The van der Waals surface area contributed by atoms with Crippen LogP contribution in [-0.4, -0.2) is 24.2 Å². The standard InChI is InChI=1S/C15H26N2O/c1-5-14-15(10-9-12(3)17-14)18-13(4)8-7-11-16-6-2/h9-10,13,16H,5-8,11H2,1-4H3. The summed E-state index contributed by atoms with van der Waals surface area (Å²) in [6.07, 6.45) is 3.39. The molecule has 3 heteroatoms. The molecule has 1 rings (SSSR count). The molecule has 1 aromatic rings. The van der Waals surface area contributed by atoms with Gasteiger partial charge < -0.3 is 10.1 Å². The van der Waals surface area contributed by atoms with E-state index < -0.39 is 0 Å². The van der Waals surface area contributed by atoms with Crippen LogP contribution in [0.5, 0.6) is 5.75 Å². The van der Waals surface area contributed by atoms with E-state index in [2.05, 4.69) is 31.1 Å². The summed E-state index contributed by atoms with van der Waals surface area (Å²) in [5.74, 6) is 0.944. The second-order valence-corrected chi connectivity index (χ2v) is 4.68. The van der Waals surface area contributed by atoms with E-state index in [1.54, 1.807) is 0 Å². The zero-order valence-corrected chi connectivity index (χ0v) is 12.1. The van der Waals surface area contributed by atoms with E-state index in [1.807, 2.05) is 19.1 Å². The predicted molar refractivity (Wildman–Crippen MR) is 76.2 cm³/mol. The Morgan fingerprint density at radius 1 is 1.33 bits per heavy atom. The van der Waals surface area contributed by atoms with E-state index in [0.717, 1.165) is 49.5 Å². The van der Waals surface area contributed by atoms with Gasteiger partial charge in [-0.05, 0) is 58.3 Å². The molecule has 0 radical (unpaired) electrons. The van der Waals surface area contributed by atoms with Crippen LogP contribution in [0.4, 0.5) is 0 Å². The molecule has 102 valence electrons. The van der Waals surface area contributed by atoms with E-state index in [9.17, 15) is 0 Å². The van der Waals surface area contributed by atoms with E-state index in [-0.39, 0.29) is 6.10 Å². The van der Waals surface area contributed by atoms with Gasteiger partial charge in [0.05, 0.1) is 11.8 Å². The first kappa shape index (κ1) is 15.0. The van der Waals surface area contributed by atoms with Crippen molar-refractivity contribution in [2.24, 2.45) is 0 Å². The first-order valence-corrected chi connectivity index (χ1v) is 7.01. The molecule has 0 saturated carbocycles. The van der Waals surface area contributed by atoms with Gasteiger partial charge in [-0.15, -0.1) is 0 Å². The maximum absolute atomic E-state index is 5.98. The number of pyridine rings is 1. The summed E-state index contributed by atoms with van der Waals surface area (Å²) in [6, 6.07) is 4.06. The molecule has 18 heavy (non-hydrogen) atoms. The summed E-state index contributed by atoms with van der Waals surface area (Å²) in [5, 5.41) is 3.33. The Balaban J connectivity index is 2.45. The van der Waals surface area contributed by atoms with Crippen molar-refractivity contribution in [2.75, 3.05) is 13.1 Å². The zero-order chi connectivity index (χ0) is 13.4. The number of aromatic nitrogens is 1. The zero-order valence-electron chi connectivity index (χ0n) is 12.1. The molecule has 0 fully saturated rings. The SMILES string of the molecule is CCNCCCC(C)Oc1ccc(C)nc1CC. The topological polar surface area (TPSA) is 34.1 Å². The fraction of sp³-hybridized carbons (Fsp3) is 0.667. The Kier molecular flexibility index (Phi) is 6.73. The van der Waals surface area contributed by atoms with Gasteiger partial charge in [-0.3, -0.25) is 4.98 Å². The average Bonchev–Trinajstić information content (AvgIpc) is 2.37. The maximum atomic E-state index is 5.98. The lowest BCUT2D eigenvalue weighted by molar-refractivity contribution is 0.204. The summed E-state index contributed by atoms with van der Waals surface area (Å²) < 4.78 is 5.98. The molecule has 0 aromatic carbocycles. The molecule has 3 nitrogen and oxygen atoms in total.